The number of nitrogens with zero attached hydrogens (tertiary/aromatic N) is 1. The zero-order valence-corrected chi connectivity index (χ0v) is 10.3. The Hall–Kier alpha value is -1.10. The Morgan fingerprint density at radius 1 is 1.69 bits per heavy atom. The number of carbonyl (C=O) groups is 1. The van der Waals surface area contributed by atoms with E-state index in [9.17, 15) is 4.79 Å². The molecule has 0 amide bonds. The third-order valence-electron chi connectivity index (χ3n) is 2.89. The monoisotopic (exact) mass is 240 g/mol. The van der Waals surface area contributed by atoms with E-state index in [0.717, 1.165) is 23.7 Å². The van der Waals surface area contributed by atoms with Crippen molar-refractivity contribution < 1.29 is 9.90 Å². The van der Waals surface area contributed by atoms with E-state index in [2.05, 4.69) is 17.2 Å². The quantitative estimate of drug-likeness (QED) is 0.849. The number of hydrogen-bond acceptors (Lipinski definition) is 4. The Morgan fingerprint density at radius 2 is 2.44 bits per heavy atom. The average molecular weight is 240 g/mol. The van der Waals surface area contributed by atoms with Crippen LogP contribution < -0.4 is 5.32 Å². The molecule has 1 unspecified atom stereocenters. The summed E-state index contributed by atoms with van der Waals surface area (Å²) < 4.78 is 0. The first kappa shape index (κ1) is 11.4. The van der Waals surface area contributed by atoms with Gasteiger partial charge in [-0.25, -0.2) is 4.98 Å². The van der Waals surface area contributed by atoms with E-state index in [1.165, 1.54) is 11.3 Å². The number of aliphatic carboxylic acids is 1. The van der Waals surface area contributed by atoms with Crippen LogP contribution in [0.2, 0.25) is 0 Å². The van der Waals surface area contributed by atoms with Crippen LogP contribution in [0, 0.1) is 5.92 Å². The molecule has 1 aromatic heterocycles. The van der Waals surface area contributed by atoms with Gasteiger partial charge in [-0.2, -0.15) is 0 Å². The van der Waals surface area contributed by atoms with E-state index in [1.807, 2.05) is 0 Å². The molecule has 16 heavy (non-hydrogen) atoms. The standard InChI is InChI=1S/C11H16N2O2S/c1-6-3-4-9-8(5-6)13-11(16-9)12-7(2)10(14)15/h6-7H,3-5H2,1-2H3,(H,12,13)(H,14,15)/t6?,7-/m1/s1. The van der Waals surface area contributed by atoms with E-state index < -0.39 is 12.0 Å². The maximum absolute atomic E-state index is 10.7. The summed E-state index contributed by atoms with van der Waals surface area (Å²) >= 11 is 1.60. The molecule has 0 fully saturated rings. The lowest BCUT2D eigenvalue weighted by atomic mass is 9.93. The molecule has 4 nitrogen and oxygen atoms in total. The highest BCUT2D eigenvalue weighted by molar-refractivity contribution is 7.15. The molecule has 5 heteroatoms. The largest absolute Gasteiger partial charge is 0.480 e. The van der Waals surface area contributed by atoms with Gasteiger partial charge in [0.1, 0.15) is 6.04 Å². The van der Waals surface area contributed by atoms with Crippen LogP contribution in [-0.4, -0.2) is 22.1 Å². The fraction of sp³-hybridized carbons (Fsp3) is 0.636. The van der Waals surface area contributed by atoms with Gasteiger partial charge in [-0.1, -0.05) is 6.92 Å². The molecular weight excluding hydrogens is 224 g/mol. The summed E-state index contributed by atoms with van der Waals surface area (Å²) in [5.74, 6) is -0.152. The predicted molar refractivity (Wildman–Crippen MR) is 64.0 cm³/mol. The minimum atomic E-state index is -0.846. The van der Waals surface area contributed by atoms with Crippen LogP contribution in [0.5, 0.6) is 0 Å². The number of thiazole rings is 1. The van der Waals surface area contributed by atoms with Crippen LogP contribution in [0.25, 0.3) is 0 Å². The van der Waals surface area contributed by atoms with Crippen LogP contribution in [0.15, 0.2) is 0 Å². The second-order valence-corrected chi connectivity index (χ2v) is 5.52. The highest BCUT2D eigenvalue weighted by atomic mass is 32.1. The second-order valence-electron chi connectivity index (χ2n) is 4.44. The second kappa shape index (κ2) is 4.41. The van der Waals surface area contributed by atoms with Gasteiger partial charge in [0.05, 0.1) is 5.69 Å². The summed E-state index contributed by atoms with van der Waals surface area (Å²) in [6.07, 6.45) is 3.31. The minimum absolute atomic E-state index is 0.579. The minimum Gasteiger partial charge on any atom is -0.480 e. The van der Waals surface area contributed by atoms with Gasteiger partial charge in [0, 0.05) is 4.88 Å². The van der Waals surface area contributed by atoms with Crippen LogP contribution in [0.1, 0.15) is 30.8 Å². The Morgan fingerprint density at radius 3 is 3.12 bits per heavy atom. The first-order valence-corrected chi connectivity index (χ1v) is 6.36. The number of anilines is 1. The predicted octanol–water partition coefficient (Wildman–Crippen LogP) is 2.15. The first-order chi connectivity index (χ1) is 7.56. The fourth-order valence-electron chi connectivity index (χ4n) is 1.86. The van der Waals surface area contributed by atoms with Crippen LogP contribution >= 0.6 is 11.3 Å². The molecule has 0 aromatic carbocycles. The lowest BCUT2D eigenvalue weighted by Gasteiger charge is -2.15. The molecule has 2 atom stereocenters. The molecule has 1 aliphatic carbocycles. The van der Waals surface area contributed by atoms with Crippen LogP contribution in [0.3, 0.4) is 0 Å². The molecule has 0 bridgehead atoms. The topological polar surface area (TPSA) is 62.2 Å². The highest BCUT2D eigenvalue weighted by Crippen LogP contribution is 2.32. The summed E-state index contributed by atoms with van der Waals surface area (Å²) in [5.41, 5.74) is 1.16. The number of carboxylic acid groups (broad SMARTS) is 1. The molecule has 1 heterocycles. The molecular formula is C11H16N2O2S. The lowest BCUT2D eigenvalue weighted by molar-refractivity contribution is -0.137. The Balaban J connectivity index is 2.10. The van der Waals surface area contributed by atoms with Crippen molar-refractivity contribution in [3.8, 4) is 0 Å². The number of aryl methyl sites for hydroxylation is 1. The molecule has 0 aliphatic heterocycles. The first-order valence-electron chi connectivity index (χ1n) is 5.54. The number of rotatable bonds is 3. The SMILES string of the molecule is CC1CCc2sc(N[C@H](C)C(=O)O)nc2C1. The summed E-state index contributed by atoms with van der Waals surface area (Å²) in [7, 11) is 0. The third-order valence-corrected chi connectivity index (χ3v) is 3.98. The average Bonchev–Trinajstić information content (AvgIpc) is 2.58. The smallest absolute Gasteiger partial charge is 0.325 e. The normalized spacial score (nSPS) is 21.2. The number of fused-ring (bicyclic) bond motifs is 1. The van der Waals surface area contributed by atoms with Gasteiger partial charge in [-0.3, -0.25) is 4.79 Å². The van der Waals surface area contributed by atoms with Crippen molar-refractivity contribution in [3.63, 3.8) is 0 Å². The number of hydrogen-bond donors (Lipinski definition) is 2. The Labute approximate surface area is 98.7 Å². The van der Waals surface area contributed by atoms with Gasteiger partial charge in [-0.05, 0) is 32.1 Å². The number of carboxylic acids is 1. The molecule has 0 saturated carbocycles. The highest BCUT2D eigenvalue weighted by Gasteiger charge is 2.21. The molecule has 0 radical (unpaired) electrons. The molecule has 88 valence electrons. The van der Waals surface area contributed by atoms with Crippen molar-refractivity contribution in [2.75, 3.05) is 5.32 Å². The maximum Gasteiger partial charge on any atom is 0.325 e. The van der Waals surface area contributed by atoms with Gasteiger partial charge < -0.3 is 10.4 Å². The van der Waals surface area contributed by atoms with E-state index in [0.29, 0.717) is 5.92 Å². The lowest BCUT2D eigenvalue weighted by Crippen LogP contribution is -2.25. The maximum atomic E-state index is 10.7. The van der Waals surface area contributed by atoms with Gasteiger partial charge in [-0.15, -0.1) is 11.3 Å². The Kier molecular flexibility index (Phi) is 3.14. The van der Waals surface area contributed by atoms with Crippen molar-refractivity contribution in [1.82, 2.24) is 4.98 Å². The van der Waals surface area contributed by atoms with Gasteiger partial charge >= 0.3 is 5.97 Å². The number of nitrogens with one attached hydrogen (secondary N) is 1. The van der Waals surface area contributed by atoms with E-state index in [-0.39, 0.29) is 0 Å². The van der Waals surface area contributed by atoms with Crippen molar-refractivity contribution >= 4 is 22.4 Å². The van der Waals surface area contributed by atoms with E-state index in [1.54, 1.807) is 18.3 Å². The Bertz CT molecular complexity index is 403. The molecule has 2 N–H and O–H groups in total. The summed E-state index contributed by atoms with van der Waals surface area (Å²) in [5, 5.41) is 12.5. The summed E-state index contributed by atoms with van der Waals surface area (Å²) in [6, 6.07) is -0.579. The zero-order valence-electron chi connectivity index (χ0n) is 9.49. The third kappa shape index (κ3) is 2.35. The summed E-state index contributed by atoms with van der Waals surface area (Å²) in [6.45, 7) is 3.86. The molecule has 1 aromatic rings. The van der Waals surface area contributed by atoms with Crippen LogP contribution in [0.4, 0.5) is 5.13 Å². The number of aromatic nitrogens is 1. The van der Waals surface area contributed by atoms with Crippen molar-refractivity contribution in [2.45, 2.75) is 39.2 Å². The van der Waals surface area contributed by atoms with Crippen molar-refractivity contribution in [3.05, 3.63) is 10.6 Å². The fourth-order valence-corrected chi connectivity index (χ4v) is 2.95. The van der Waals surface area contributed by atoms with Gasteiger partial charge in [0.15, 0.2) is 5.13 Å². The molecule has 0 saturated heterocycles. The van der Waals surface area contributed by atoms with E-state index in [4.69, 9.17) is 5.11 Å². The molecule has 0 spiro atoms. The van der Waals surface area contributed by atoms with E-state index >= 15 is 0 Å². The van der Waals surface area contributed by atoms with Gasteiger partial charge in [0.25, 0.3) is 0 Å². The summed E-state index contributed by atoms with van der Waals surface area (Å²) in [4.78, 5) is 16.5. The van der Waals surface area contributed by atoms with Crippen molar-refractivity contribution in [2.24, 2.45) is 5.92 Å². The van der Waals surface area contributed by atoms with Crippen molar-refractivity contribution in [1.29, 1.82) is 0 Å². The van der Waals surface area contributed by atoms with Crippen LogP contribution in [-0.2, 0) is 17.6 Å². The zero-order chi connectivity index (χ0) is 11.7. The molecule has 2 rings (SSSR count). The van der Waals surface area contributed by atoms with Gasteiger partial charge in [0.2, 0.25) is 0 Å². The molecule has 1 aliphatic rings.